The summed E-state index contributed by atoms with van der Waals surface area (Å²) in [5.74, 6) is 0.544. The number of fused-ring (bicyclic) bond motifs is 1. The summed E-state index contributed by atoms with van der Waals surface area (Å²) >= 11 is 0. The van der Waals surface area contributed by atoms with E-state index in [1.807, 2.05) is 45.5 Å². The van der Waals surface area contributed by atoms with Gasteiger partial charge in [0.15, 0.2) is 0 Å². The Hall–Kier alpha value is -3.38. The summed E-state index contributed by atoms with van der Waals surface area (Å²) in [5, 5.41) is 19.1. The third-order valence-corrected chi connectivity index (χ3v) is 5.39. The molecule has 2 aromatic carbocycles. The number of hydrogen-bond acceptors (Lipinski definition) is 4. The molecule has 0 fully saturated rings. The Morgan fingerprint density at radius 2 is 1.73 bits per heavy atom. The van der Waals surface area contributed by atoms with E-state index in [2.05, 4.69) is 36.2 Å². The zero-order valence-electron chi connectivity index (χ0n) is 17.2. The van der Waals surface area contributed by atoms with Crippen molar-refractivity contribution in [1.29, 1.82) is 5.41 Å². The molecule has 0 aliphatic carbocycles. The van der Waals surface area contributed by atoms with E-state index in [1.54, 1.807) is 13.2 Å². The first kappa shape index (κ1) is 19.9. The molecule has 4 aromatic rings. The minimum atomic E-state index is -0.304. The number of para-hydroxylation sites is 2. The summed E-state index contributed by atoms with van der Waals surface area (Å²) in [6.45, 7) is 2.58. The highest BCUT2D eigenvalue weighted by Gasteiger charge is 2.19. The van der Waals surface area contributed by atoms with Crippen LogP contribution >= 0.6 is 0 Å². The van der Waals surface area contributed by atoms with Crippen molar-refractivity contribution in [3.8, 4) is 5.88 Å². The predicted octanol–water partition coefficient (Wildman–Crippen LogP) is 3.46. The molecule has 0 bridgehead atoms. The Kier molecular flexibility index (Phi) is 5.68. The zero-order chi connectivity index (χ0) is 21.1. The lowest BCUT2D eigenvalue weighted by atomic mass is 10.1. The number of methoxy groups -OCH3 is 1. The highest BCUT2D eigenvalue weighted by molar-refractivity contribution is 5.76. The van der Waals surface area contributed by atoms with Crippen LogP contribution in [0.25, 0.3) is 11.0 Å². The number of imidazole rings is 1. The maximum Gasteiger partial charge on any atom is 0.213 e. The average molecular weight is 402 g/mol. The monoisotopic (exact) mass is 402 g/mol. The molecule has 154 valence electrons. The van der Waals surface area contributed by atoms with Gasteiger partial charge >= 0.3 is 0 Å². The van der Waals surface area contributed by atoms with Crippen LogP contribution in [0.3, 0.4) is 0 Å². The number of benzene rings is 2. The maximum absolute atomic E-state index is 10.2. The molecular formula is C24H26N4O2. The molecule has 0 amide bonds. The van der Waals surface area contributed by atoms with Crippen LogP contribution in [-0.2, 0) is 13.0 Å². The lowest BCUT2D eigenvalue weighted by Crippen LogP contribution is -2.31. The Balaban J connectivity index is 1.76. The van der Waals surface area contributed by atoms with Gasteiger partial charge in [-0.05, 0) is 30.7 Å². The van der Waals surface area contributed by atoms with Gasteiger partial charge in [-0.1, -0.05) is 48.0 Å². The van der Waals surface area contributed by atoms with E-state index < -0.39 is 0 Å². The smallest absolute Gasteiger partial charge is 0.213 e. The van der Waals surface area contributed by atoms with E-state index in [9.17, 15) is 5.11 Å². The van der Waals surface area contributed by atoms with Crippen LogP contribution in [0.2, 0.25) is 0 Å². The summed E-state index contributed by atoms with van der Waals surface area (Å²) in [7, 11) is 1.59. The van der Waals surface area contributed by atoms with E-state index in [-0.39, 0.29) is 12.6 Å². The molecule has 1 atom stereocenters. The van der Waals surface area contributed by atoms with Gasteiger partial charge in [-0.15, -0.1) is 0 Å². The van der Waals surface area contributed by atoms with Crippen LogP contribution in [-0.4, -0.2) is 32.9 Å². The maximum atomic E-state index is 10.2. The molecule has 0 saturated carbocycles. The van der Waals surface area contributed by atoms with Crippen molar-refractivity contribution in [2.45, 2.75) is 25.9 Å². The number of aliphatic hydroxyl groups is 1. The second-order valence-corrected chi connectivity index (χ2v) is 7.47. The molecule has 30 heavy (non-hydrogen) atoms. The van der Waals surface area contributed by atoms with Gasteiger partial charge in [0, 0.05) is 18.2 Å². The second-order valence-electron chi connectivity index (χ2n) is 7.47. The van der Waals surface area contributed by atoms with Crippen LogP contribution in [0, 0.1) is 12.3 Å². The fourth-order valence-electron chi connectivity index (χ4n) is 3.82. The highest BCUT2D eigenvalue weighted by Crippen LogP contribution is 2.21. The van der Waals surface area contributed by atoms with Gasteiger partial charge in [0.1, 0.15) is 0 Å². The molecule has 1 unspecified atom stereocenters. The standard InChI is InChI=1S/C24H26N4O2/c1-17-10-12-18(13-11-17)15-27-21-7-3-4-8-22(21)28(24(27)25)20(16-29)14-19-6-5-9-23(26-19)30-2/h3-13,20,25,29H,14-16H2,1-2H3. The first-order valence-corrected chi connectivity index (χ1v) is 10.0. The van der Waals surface area contributed by atoms with Crippen molar-refractivity contribution >= 4 is 11.0 Å². The lowest BCUT2D eigenvalue weighted by Gasteiger charge is -2.17. The summed E-state index contributed by atoms with van der Waals surface area (Å²) in [6, 6.07) is 21.6. The molecule has 2 heterocycles. The van der Waals surface area contributed by atoms with Crippen molar-refractivity contribution in [1.82, 2.24) is 14.1 Å². The molecule has 2 aromatic heterocycles. The molecule has 4 rings (SSSR count). The first-order valence-electron chi connectivity index (χ1n) is 10.0. The fraction of sp³-hybridized carbons (Fsp3) is 0.250. The Bertz CT molecular complexity index is 1210. The largest absolute Gasteiger partial charge is 0.481 e. The number of aromatic nitrogens is 3. The molecule has 2 N–H and O–H groups in total. The van der Waals surface area contributed by atoms with Crippen LogP contribution in [0.1, 0.15) is 22.9 Å². The molecule has 0 saturated heterocycles. The predicted molar refractivity (Wildman–Crippen MR) is 117 cm³/mol. The number of aryl methyl sites for hydroxylation is 1. The van der Waals surface area contributed by atoms with Gasteiger partial charge in [-0.25, -0.2) is 4.98 Å². The topological polar surface area (TPSA) is 76.1 Å². The number of nitrogens with one attached hydrogen (secondary N) is 1. The summed E-state index contributed by atoms with van der Waals surface area (Å²) in [4.78, 5) is 4.48. The van der Waals surface area contributed by atoms with Crippen LogP contribution in [0.5, 0.6) is 5.88 Å². The molecule has 0 spiro atoms. The quantitative estimate of drug-likeness (QED) is 0.497. The summed E-state index contributed by atoms with van der Waals surface area (Å²) in [6.07, 6.45) is 0.503. The van der Waals surface area contributed by atoms with Gasteiger partial charge in [-0.2, -0.15) is 0 Å². The molecule has 6 heteroatoms. The van der Waals surface area contributed by atoms with E-state index in [0.29, 0.717) is 24.5 Å². The minimum Gasteiger partial charge on any atom is -0.481 e. The summed E-state index contributed by atoms with van der Waals surface area (Å²) in [5.41, 5.74) is 5.42. The Morgan fingerprint density at radius 1 is 1.00 bits per heavy atom. The normalized spacial score (nSPS) is 12.2. The van der Waals surface area contributed by atoms with Gasteiger partial charge in [-0.3, -0.25) is 5.41 Å². The van der Waals surface area contributed by atoms with Crippen molar-refractivity contribution in [2.75, 3.05) is 13.7 Å². The zero-order valence-corrected chi connectivity index (χ0v) is 17.2. The molecule has 0 aliphatic heterocycles. The Labute approximate surface area is 175 Å². The van der Waals surface area contributed by atoms with E-state index in [0.717, 1.165) is 22.3 Å². The first-order chi connectivity index (χ1) is 14.6. The van der Waals surface area contributed by atoms with Gasteiger partial charge in [0.25, 0.3) is 0 Å². The van der Waals surface area contributed by atoms with Gasteiger partial charge < -0.3 is 19.0 Å². The average Bonchev–Trinajstić information content (AvgIpc) is 3.05. The number of ether oxygens (including phenoxy) is 1. The number of hydrogen-bond donors (Lipinski definition) is 2. The van der Waals surface area contributed by atoms with Gasteiger partial charge in [0.2, 0.25) is 11.5 Å². The summed E-state index contributed by atoms with van der Waals surface area (Å²) < 4.78 is 9.12. The van der Waals surface area contributed by atoms with E-state index in [1.165, 1.54) is 5.56 Å². The van der Waals surface area contributed by atoms with E-state index >= 15 is 0 Å². The lowest BCUT2D eigenvalue weighted by molar-refractivity contribution is 0.224. The second kappa shape index (κ2) is 8.55. The van der Waals surface area contributed by atoms with Crippen LogP contribution < -0.4 is 10.4 Å². The Morgan fingerprint density at radius 3 is 2.43 bits per heavy atom. The van der Waals surface area contributed by atoms with Gasteiger partial charge in [0.05, 0.1) is 37.3 Å². The third-order valence-electron chi connectivity index (χ3n) is 5.39. The van der Waals surface area contributed by atoms with Crippen molar-refractivity contribution in [3.63, 3.8) is 0 Å². The number of rotatable bonds is 7. The SMILES string of the molecule is COc1cccc(CC(CO)n2c(=N)n(Cc3ccc(C)cc3)c3ccccc32)n1. The molecule has 0 radical (unpaired) electrons. The number of aliphatic hydroxyl groups excluding tert-OH is 1. The fourth-order valence-corrected chi connectivity index (χ4v) is 3.82. The van der Waals surface area contributed by atoms with Crippen molar-refractivity contribution < 1.29 is 9.84 Å². The molecular weight excluding hydrogens is 376 g/mol. The highest BCUT2D eigenvalue weighted by atomic mass is 16.5. The number of pyridine rings is 1. The van der Waals surface area contributed by atoms with E-state index in [4.69, 9.17) is 10.1 Å². The van der Waals surface area contributed by atoms with Crippen LogP contribution in [0.4, 0.5) is 0 Å². The van der Waals surface area contributed by atoms with Crippen LogP contribution in [0.15, 0.2) is 66.7 Å². The third kappa shape index (κ3) is 3.86. The van der Waals surface area contributed by atoms with Crippen molar-refractivity contribution in [2.24, 2.45) is 0 Å². The molecule has 6 nitrogen and oxygen atoms in total. The molecule has 0 aliphatic rings. The van der Waals surface area contributed by atoms with Crippen molar-refractivity contribution in [3.05, 3.63) is 89.2 Å². The minimum absolute atomic E-state index is 0.0893. The number of nitrogens with zero attached hydrogens (tertiary/aromatic N) is 3.